The van der Waals surface area contributed by atoms with Crippen molar-refractivity contribution in [3.05, 3.63) is 48.0 Å². The van der Waals surface area contributed by atoms with Gasteiger partial charge in [-0.05, 0) is 50.2 Å². The lowest BCUT2D eigenvalue weighted by molar-refractivity contribution is 0.101. The van der Waals surface area contributed by atoms with Crippen LogP contribution in [0.3, 0.4) is 0 Å². The van der Waals surface area contributed by atoms with Crippen molar-refractivity contribution in [2.45, 2.75) is 25.1 Å². The molecule has 1 unspecified atom stereocenters. The molecule has 7 heteroatoms. The molecule has 142 valence electrons. The quantitative estimate of drug-likeness (QED) is 0.431. The number of ketones is 1. The summed E-state index contributed by atoms with van der Waals surface area (Å²) in [5.41, 5.74) is 2.40. The van der Waals surface area contributed by atoms with Crippen LogP contribution < -0.4 is 9.47 Å². The van der Waals surface area contributed by atoms with Crippen LogP contribution in [0.4, 0.5) is 0 Å². The highest BCUT2D eigenvalue weighted by Gasteiger charge is 2.10. The third-order valence-electron chi connectivity index (χ3n) is 3.86. The van der Waals surface area contributed by atoms with Crippen LogP contribution in [-0.4, -0.2) is 45.9 Å². The molecule has 6 nitrogen and oxygen atoms in total. The van der Waals surface area contributed by atoms with Gasteiger partial charge in [0.05, 0.1) is 23.7 Å². The van der Waals surface area contributed by atoms with Crippen molar-refractivity contribution in [2.24, 2.45) is 0 Å². The van der Waals surface area contributed by atoms with Gasteiger partial charge in [0.25, 0.3) is 0 Å². The van der Waals surface area contributed by atoms with Gasteiger partial charge in [-0.1, -0.05) is 11.8 Å². The average molecular weight is 386 g/mol. The topological polar surface area (TPSA) is 84.4 Å². The number of nitrogens with one attached hydrogen (secondary N) is 1. The minimum Gasteiger partial charge on any atom is -0.494 e. The molecule has 0 fully saturated rings. The highest BCUT2D eigenvalue weighted by Crippen LogP contribution is 2.24. The maximum Gasteiger partial charge on any atom is 0.166 e. The summed E-state index contributed by atoms with van der Waals surface area (Å²) in [5.74, 6) is 1.88. The number of rotatable bonds is 9. The average Bonchev–Trinajstić information content (AvgIpc) is 3.07. The summed E-state index contributed by atoms with van der Waals surface area (Å²) in [4.78, 5) is 19.0. The number of Topliss-reactive ketones (excluding diaryl/α,β-unsaturated/α-hetero) is 1. The highest BCUT2D eigenvalue weighted by molar-refractivity contribution is 7.99. The van der Waals surface area contributed by atoms with Crippen LogP contribution in [-0.2, 0) is 0 Å². The molecule has 27 heavy (non-hydrogen) atoms. The van der Waals surface area contributed by atoms with E-state index in [2.05, 4.69) is 9.97 Å². The van der Waals surface area contributed by atoms with Crippen LogP contribution in [0.25, 0.3) is 11.0 Å². The molecule has 0 spiro atoms. The second-order valence-electron chi connectivity index (χ2n) is 6.01. The van der Waals surface area contributed by atoms with Crippen LogP contribution in [0, 0.1) is 0 Å². The van der Waals surface area contributed by atoms with Gasteiger partial charge in [0.1, 0.15) is 18.1 Å². The summed E-state index contributed by atoms with van der Waals surface area (Å²) in [5, 5.41) is 10.9. The summed E-state index contributed by atoms with van der Waals surface area (Å²) in [7, 11) is 0. The Kier molecular flexibility index (Phi) is 6.36. The number of fused-ring (bicyclic) bond motifs is 1. The van der Waals surface area contributed by atoms with Crippen molar-refractivity contribution in [3.63, 3.8) is 0 Å². The van der Waals surface area contributed by atoms with Gasteiger partial charge in [0, 0.05) is 17.4 Å². The second-order valence-corrected chi connectivity index (χ2v) is 7.02. The van der Waals surface area contributed by atoms with E-state index in [9.17, 15) is 9.90 Å². The number of benzene rings is 2. The van der Waals surface area contributed by atoms with E-state index in [1.54, 1.807) is 24.3 Å². The summed E-state index contributed by atoms with van der Waals surface area (Å²) >= 11 is 1.43. The zero-order chi connectivity index (χ0) is 19.2. The van der Waals surface area contributed by atoms with Crippen molar-refractivity contribution in [1.82, 2.24) is 9.97 Å². The van der Waals surface area contributed by atoms with E-state index in [0.717, 1.165) is 21.9 Å². The van der Waals surface area contributed by atoms with E-state index in [1.165, 1.54) is 18.7 Å². The summed E-state index contributed by atoms with van der Waals surface area (Å²) in [6.07, 6.45) is -0.644. The minimum absolute atomic E-state index is 0.0113. The van der Waals surface area contributed by atoms with Crippen molar-refractivity contribution >= 4 is 28.6 Å². The number of carbonyl (C=O) groups excluding carboxylic acids is 1. The van der Waals surface area contributed by atoms with Crippen molar-refractivity contribution in [3.8, 4) is 11.5 Å². The van der Waals surface area contributed by atoms with E-state index in [0.29, 0.717) is 23.7 Å². The Bertz CT molecular complexity index is 908. The van der Waals surface area contributed by atoms with Crippen LogP contribution in [0.5, 0.6) is 11.5 Å². The van der Waals surface area contributed by atoms with E-state index >= 15 is 0 Å². The maximum atomic E-state index is 11.3. The minimum atomic E-state index is -0.644. The van der Waals surface area contributed by atoms with Gasteiger partial charge in [-0.2, -0.15) is 0 Å². The van der Waals surface area contributed by atoms with Crippen molar-refractivity contribution < 1.29 is 19.4 Å². The smallest absolute Gasteiger partial charge is 0.166 e. The molecule has 2 aromatic carbocycles. The Morgan fingerprint density at radius 2 is 1.93 bits per heavy atom. The number of aromatic amines is 1. The maximum absolute atomic E-state index is 11.3. The lowest BCUT2D eigenvalue weighted by Crippen LogP contribution is -2.20. The van der Waals surface area contributed by atoms with Crippen molar-refractivity contribution in [2.75, 3.05) is 19.0 Å². The summed E-state index contributed by atoms with van der Waals surface area (Å²) < 4.78 is 11.1. The van der Waals surface area contributed by atoms with Gasteiger partial charge in [-0.15, -0.1) is 0 Å². The predicted octanol–water partition coefficient (Wildman–Crippen LogP) is 3.70. The second kappa shape index (κ2) is 8.92. The molecule has 0 saturated heterocycles. The van der Waals surface area contributed by atoms with E-state index in [1.807, 2.05) is 25.1 Å². The molecule has 2 N–H and O–H groups in total. The normalized spacial score (nSPS) is 12.1. The van der Waals surface area contributed by atoms with Crippen LogP contribution in [0.15, 0.2) is 47.6 Å². The predicted molar refractivity (Wildman–Crippen MR) is 106 cm³/mol. The molecule has 0 radical (unpaired) electrons. The van der Waals surface area contributed by atoms with Gasteiger partial charge in [0.2, 0.25) is 0 Å². The largest absolute Gasteiger partial charge is 0.494 e. The first-order valence-corrected chi connectivity index (χ1v) is 9.71. The molecule has 0 aliphatic rings. The zero-order valence-corrected chi connectivity index (χ0v) is 16.1. The van der Waals surface area contributed by atoms with E-state index in [4.69, 9.17) is 9.47 Å². The molecule has 1 atom stereocenters. The number of hydrogen-bond acceptors (Lipinski definition) is 6. The van der Waals surface area contributed by atoms with Crippen LogP contribution in [0.2, 0.25) is 0 Å². The lowest BCUT2D eigenvalue weighted by Gasteiger charge is -2.11. The number of nitrogens with zero attached hydrogens (tertiary/aromatic N) is 1. The number of hydrogen-bond donors (Lipinski definition) is 2. The van der Waals surface area contributed by atoms with Gasteiger partial charge in [-0.25, -0.2) is 4.98 Å². The molecule has 0 aliphatic carbocycles. The number of aromatic nitrogens is 2. The molecule has 0 aliphatic heterocycles. The molecule has 3 aromatic rings. The number of H-pyrrole nitrogens is 1. The molecular formula is C20H22N2O4S. The first kappa shape index (κ1) is 19.3. The van der Waals surface area contributed by atoms with E-state index < -0.39 is 6.10 Å². The van der Waals surface area contributed by atoms with Gasteiger partial charge in [0.15, 0.2) is 10.9 Å². The third kappa shape index (κ3) is 5.24. The number of aliphatic hydroxyl groups is 1. The SMILES string of the molecule is CCOc1ccc2nc(SCC(O)COc3ccc(C(C)=O)cc3)[nH]c2c1. The molecule has 0 bridgehead atoms. The third-order valence-corrected chi connectivity index (χ3v) is 4.88. The molecule has 0 saturated carbocycles. The zero-order valence-electron chi connectivity index (χ0n) is 15.3. The molecule has 0 amide bonds. The summed E-state index contributed by atoms with van der Waals surface area (Å²) in [6, 6.07) is 12.6. The molecule has 1 aromatic heterocycles. The lowest BCUT2D eigenvalue weighted by atomic mass is 10.1. The van der Waals surface area contributed by atoms with Crippen LogP contribution >= 0.6 is 11.8 Å². The van der Waals surface area contributed by atoms with Gasteiger partial charge < -0.3 is 19.6 Å². The Labute approximate surface area is 161 Å². The fourth-order valence-electron chi connectivity index (χ4n) is 2.49. The number of aliphatic hydroxyl groups excluding tert-OH is 1. The van der Waals surface area contributed by atoms with Gasteiger partial charge in [-0.3, -0.25) is 4.79 Å². The Morgan fingerprint density at radius 3 is 2.63 bits per heavy atom. The molecule has 1 heterocycles. The Morgan fingerprint density at radius 1 is 1.19 bits per heavy atom. The Balaban J connectivity index is 1.50. The summed E-state index contributed by atoms with van der Waals surface area (Å²) in [6.45, 7) is 4.25. The number of ether oxygens (including phenoxy) is 2. The monoisotopic (exact) mass is 386 g/mol. The highest BCUT2D eigenvalue weighted by atomic mass is 32.2. The fourth-order valence-corrected chi connectivity index (χ4v) is 3.28. The van der Waals surface area contributed by atoms with Crippen molar-refractivity contribution in [1.29, 1.82) is 0 Å². The Hall–Kier alpha value is -2.51. The fraction of sp³-hybridized carbons (Fsp3) is 0.300. The van der Waals surface area contributed by atoms with Gasteiger partial charge >= 0.3 is 0 Å². The first-order chi connectivity index (χ1) is 13.0. The number of thioether (sulfide) groups is 1. The first-order valence-electron chi connectivity index (χ1n) is 8.72. The molecule has 3 rings (SSSR count). The standard InChI is InChI=1S/C20H22N2O4S/c1-3-25-17-8-9-18-19(10-17)22-20(21-18)27-12-15(24)11-26-16-6-4-14(5-7-16)13(2)23/h4-10,15,24H,3,11-12H2,1-2H3,(H,21,22). The van der Waals surface area contributed by atoms with E-state index in [-0.39, 0.29) is 12.4 Å². The van der Waals surface area contributed by atoms with Crippen LogP contribution in [0.1, 0.15) is 24.2 Å². The molecular weight excluding hydrogens is 364 g/mol. The number of carbonyl (C=O) groups is 1. The number of imidazole rings is 1.